The summed E-state index contributed by atoms with van der Waals surface area (Å²) in [4.78, 5) is 72.8. The Bertz CT molecular complexity index is 1890. The Morgan fingerprint density at radius 2 is 0.520 bits per heavy atom. The van der Waals surface area contributed by atoms with Crippen molar-refractivity contribution < 1.29 is 80.2 Å². The quantitative estimate of drug-likeness (QED) is 0.0222. The molecule has 0 radical (unpaired) electrons. The molecule has 0 aromatic rings. The van der Waals surface area contributed by atoms with Crippen LogP contribution in [0.1, 0.15) is 414 Å². The average Bonchev–Trinajstić information content (AvgIpc) is 1.05. The number of phosphoric ester groups is 2. The maximum Gasteiger partial charge on any atom is 0.472 e. The van der Waals surface area contributed by atoms with Crippen LogP contribution in [0.3, 0.4) is 0 Å². The molecule has 0 rings (SSSR count). The van der Waals surface area contributed by atoms with Gasteiger partial charge < -0.3 is 33.8 Å². The molecule has 0 saturated heterocycles. The fourth-order valence-corrected chi connectivity index (χ4v) is 13.7. The number of hydrogen-bond acceptors (Lipinski definition) is 15. The number of phosphoric acid groups is 2. The molecule has 0 fully saturated rings. The van der Waals surface area contributed by atoms with Gasteiger partial charge in [0.1, 0.15) is 19.3 Å². The number of carbonyl (C=O) groups is 4. The monoisotopic (exact) mass is 1440 g/mol. The second-order valence-corrected chi connectivity index (χ2v) is 32.1. The van der Waals surface area contributed by atoms with E-state index in [1.807, 2.05) is 0 Å². The maximum atomic E-state index is 13.1. The summed E-state index contributed by atoms with van der Waals surface area (Å²) < 4.78 is 68.6. The predicted molar refractivity (Wildman–Crippen MR) is 400 cm³/mol. The molecule has 3 unspecified atom stereocenters. The smallest absolute Gasteiger partial charge is 0.462 e. The Morgan fingerprint density at radius 3 is 0.776 bits per heavy atom. The van der Waals surface area contributed by atoms with Crippen LogP contribution in [-0.2, 0) is 65.4 Å². The minimum atomic E-state index is -4.96. The molecule has 6 atom stereocenters. The van der Waals surface area contributed by atoms with E-state index in [9.17, 15) is 43.2 Å². The number of ether oxygens (including phenoxy) is 4. The van der Waals surface area contributed by atoms with Crippen LogP contribution < -0.4 is 0 Å². The number of aliphatic hydroxyl groups is 1. The molecule has 0 aromatic carbocycles. The lowest BCUT2D eigenvalue weighted by Crippen LogP contribution is -2.30. The van der Waals surface area contributed by atoms with Gasteiger partial charge in [-0.25, -0.2) is 9.13 Å². The van der Waals surface area contributed by atoms with Crippen LogP contribution in [0, 0.1) is 11.8 Å². The summed E-state index contributed by atoms with van der Waals surface area (Å²) >= 11 is 0. The summed E-state index contributed by atoms with van der Waals surface area (Å²) in [6.07, 6.45) is 59.8. The Hall–Kier alpha value is -1.94. The first-order valence-electron chi connectivity index (χ1n) is 41.0. The van der Waals surface area contributed by atoms with Gasteiger partial charge >= 0.3 is 39.5 Å². The SMILES string of the molecule is CCCCCCCCCCCCCCCCCCCCCCC(=O)O[C@H](COC(=O)CCCCCCCCCCCCCCCCC(C)CC)COP(=O)(O)OC[C@@H](O)COP(=O)(O)OC[C@@H](COC(=O)CCCCCCCCCCC)OC(=O)CCCCCCCCCCC(C)C. The molecular weight excluding hydrogens is 1280 g/mol. The number of aliphatic hydroxyl groups excluding tert-OH is 1. The molecule has 0 saturated carbocycles. The normalized spacial score (nSPS) is 14.2. The van der Waals surface area contributed by atoms with E-state index in [1.54, 1.807) is 0 Å². The Morgan fingerprint density at radius 1 is 0.296 bits per heavy atom. The number of unbranched alkanes of at least 4 members (excludes halogenated alkanes) is 47. The van der Waals surface area contributed by atoms with E-state index in [2.05, 4.69) is 41.5 Å². The van der Waals surface area contributed by atoms with E-state index < -0.39 is 97.5 Å². The van der Waals surface area contributed by atoms with E-state index in [1.165, 1.54) is 231 Å². The summed E-state index contributed by atoms with van der Waals surface area (Å²) in [6, 6.07) is 0. The first-order chi connectivity index (χ1) is 47.4. The van der Waals surface area contributed by atoms with Crippen molar-refractivity contribution in [2.45, 2.75) is 432 Å². The van der Waals surface area contributed by atoms with Crippen LogP contribution in [0.15, 0.2) is 0 Å². The predicted octanol–water partition coefficient (Wildman–Crippen LogP) is 23.5. The second kappa shape index (κ2) is 70.7. The molecule has 582 valence electrons. The highest BCUT2D eigenvalue weighted by molar-refractivity contribution is 7.47. The summed E-state index contributed by atoms with van der Waals surface area (Å²) in [5, 5.41) is 10.6. The molecule has 0 aliphatic rings. The minimum Gasteiger partial charge on any atom is -0.462 e. The summed E-state index contributed by atoms with van der Waals surface area (Å²) in [6.45, 7) is 9.61. The fourth-order valence-electron chi connectivity index (χ4n) is 12.2. The molecule has 0 heterocycles. The molecule has 0 bridgehead atoms. The molecule has 0 amide bonds. The third-order valence-corrected chi connectivity index (χ3v) is 20.7. The van der Waals surface area contributed by atoms with Crippen molar-refractivity contribution in [3.63, 3.8) is 0 Å². The van der Waals surface area contributed by atoms with Crippen molar-refractivity contribution in [2.75, 3.05) is 39.6 Å². The lowest BCUT2D eigenvalue weighted by Gasteiger charge is -2.21. The summed E-state index contributed by atoms with van der Waals surface area (Å²) in [7, 11) is -9.91. The molecule has 0 aliphatic heterocycles. The Kier molecular flexibility index (Phi) is 69.3. The van der Waals surface area contributed by atoms with Gasteiger partial charge in [0, 0.05) is 25.7 Å². The van der Waals surface area contributed by atoms with Crippen LogP contribution in [0.4, 0.5) is 0 Å². The van der Waals surface area contributed by atoms with Gasteiger partial charge in [0.15, 0.2) is 12.2 Å². The Balaban J connectivity index is 5.20. The zero-order valence-electron chi connectivity index (χ0n) is 64.1. The largest absolute Gasteiger partial charge is 0.472 e. The van der Waals surface area contributed by atoms with Gasteiger partial charge in [-0.3, -0.25) is 37.3 Å². The van der Waals surface area contributed by atoms with Crippen LogP contribution in [0.25, 0.3) is 0 Å². The number of hydrogen-bond donors (Lipinski definition) is 3. The highest BCUT2D eigenvalue weighted by Gasteiger charge is 2.30. The van der Waals surface area contributed by atoms with E-state index in [4.69, 9.17) is 37.0 Å². The fraction of sp³-hybridized carbons (Fsp3) is 0.949. The van der Waals surface area contributed by atoms with Gasteiger partial charge in [-0.15, -0.1) is 0 Å². The van der Waals surface area contributed by atoms with E-state index in [0.29, 0.717) is 25.7 Å². The number of rotatable bonds is 78. The van der Waals surface area contributed by atoms with Crippen molar-refractivity contribution in [1.29, 1.82) is 0 Å². The van der Waals surface area contributed by atoms with Crippen molar-refractivity contribution in [1.82, 2.24) is 0 Å². The van der Waals surface area contributed by atoms with Crippen molar-refractivity contribution in [3.8, 4) is 0 Å². The highest BCUT2D eigenvalue weighted by Crippen LogP contribution is 2.45. The average molecular weight is 1440 g/mol. The molecule has 17 nitrogen and oxygen atoms in total. The molecule has 0 aliphatic carbocycles. The maximum absolute atomic E-state index is 13.1. The molecular formula is C79H154O17P2. The molecule has 0 spiro atoms. The van der Waals surface area contributed by atoms with Gasteiger partial charge in [-0.05, 0) is 37.5 Å². The second-order valence-electron chi connectivity index (χ2n) is 29.2. The lowest BCUT2D eigenvalue weighted by atomic mass is 9.99. The van der Waals surface area contributed by atoms with Gasteiger partial charge in [0.2, 0.25) is 0 Å². The minimum absolute atomic E-state index is 0.105. The lowest BCUT2D eigenvalue weighted by molar-refractivity contribution is -0.161. The number of esters is 4. The van der Waals surface area contributed by atoms with Crippen molar-refractivity contribution in [3.05, 3.63) is 0 Å². The van der Waals surface area contributed by atoms with Gasteiger partial charge in [-0.1, -0.05) is 363 Å². The Labute approximate surface area is 600 Å². The van der Waals surface area contributed by atoms with E-state index >= 15 is 0 Å². The van der Waals surface area contributed by atoms with Crippen LogP contribution in [0.2, 0.25) is 0 Å². The topological polar surface area (TPSA) is 237 Å². The first kappa shape index (κ1) is 96.1. The number of carbonyl (C=O) groups excluding carboxylic acids is 4. The van der Waals surface area contributed by atoms with Crippen molar-refractivity contribution >= 4 is 39.5 Å². The third kappa shape index (κ3) is 71.1. The van der Waals surface area contributed by atoms with Crippen LogP contribution >= 0.6 is 15.6 Å². The van der Waals surface area contributed by atoms with Crippen molar-refractivity contribution in [2.24, 2.45) is 11.8 Å². The zero-order chi connectivity index (χ0) is 72.1. The summed E-state index contributed by atoms with van der Waals surface area (Å²) in [5.74, 6) is -0.546. The summed E-state index contributed by atoms with van der Waals surface area (Å²) in [5.41, 5.74) is 0. The van der Waals surface area contributed by atoms with Crippen LogP contribution in [0.5, 0.6) is 0 Å². The zero-order valence-corrected chi connectivity index (χ0v) is 65.9. The molecule has 98 heavy (non-hydrogen) atoms. The highest BCUT2D eigenvalue weighted by atomic mass is 31.2. The molecule has 3 N–H and O–H groups in total. The molecule has 19 heteroatoms. The molecule has 0 aromatic heterocycles. The van der Waals surface area contributed by atoms with Gasteiger partial charge in [-0.2, -0.15) is 0 Å². The standard InChI is InChI=1S/C79H154O17P2/c1-7-10-12-14-16-18-19-20-21-22-23-24-25-26-31-34-38-45-51-57-63-78(83)95-74(68-90-77(82)62-56-50-44-37-33-30-28-27-29-32-36-42-48-54-60-72(6)9-3)69-93-97(85,86)91-65-73(80)66-92-98(87,88)94-70-75(67-89-76(81)61-55-49-43-35-17-15-13-11-8-2)96-79(84)64-58-52-46-40-39-41-47-53-59-71(4)5/h71-75,80H,7-70H2,1-6H3,(H,85,86)(H,87,88)/t72?,73-,74-,75-/m1/s1. The van der Waals surface area contributed by atoms with E-state index in [0.717, 1.165) is 102 Å². The van der Waals surface area contributed by atoms with Gasteiger partial charge in [0.25, 0.3) is 0 Å². The first-order valence-corrected chi connectivity index (χ1v) is 44.0. The third-order valence-electron chi connectivity index (χ3n) is 18.8. The van der Waals surface area contributed by atoms with Gasteiger partial charge in [0.05, 0.1) is 26.4 Å². The van der Waals surface area contributed by atoms with E-state index in [-0.39, 0.29) is 25.7 Å². The van der Waals surface area contributed by atoms with Crippen LogP contribution in [-0.4, -0.2) is 96.7 Å².